The standard InChI is InChI=1S/C12H16F3NO2/c1-16(7-10(18)8-17)6-9-4-2-3-5-11(9)12(13,14)15/h2-5,10,17-18H,6-8H2,1H3/t10-/m1/s1. The summed E-state index contributed by atoms with van der Waals surface area (Å²) < 4.78 is 38.2. The number of nitrogens with zero attached hydrogens (tertiary/aromatic N) is 1. The molecule has 0 aliphatic rings. The highest BCUT2D eigenvalue weighted by atomic mass is 19.4. The maximum absolute atomic E-state index is 12.7. The Balaban J connectivity index is 2.78. The fourth-order valence-electron chi connectivity index (χ4n) is 1.71. The molecule has 0 aliphatic heterocycles. The van der Waals surface area contributed by atoms with Crippen molar-refractivity contribution in [3.8, 4) is 0 Å². The van der Waals surface area contributed by atoms with Gasteiger partial charge in [0, 0.05) is 13.1 Å². The summed E-state index contributed by atoms with van der Waals surface area (Å²) in [5.74, 6) is 0. The average Bonchev–Trinajstić information content (AvgIpc) is 2.27. The molecule has 0 aromatic heterocycles. The van der Waals surface area contributed by atoms with E-state index in [0.717, 1.165) is 6.07 Å². The molecule has 0 heterocycles. The first-order valence-corrected chi connectivity index (χ1v) is 5.47. The third kappa shape index (κ3) is 4.29. The van der Waals surface area contributed by atoms with Crippen LogP contribution in [0.4, 0.5) is 13.2 Å². The number of aliphatic hydroxyl groups excluding tert-OH is 2. The highest BCUT2D eigenvalue weighted by Crippen LogP contribution is 2.32. The van der Waals surface area contributed by atoms with E-state index in [9.17, 15) is 18.3 Å². The van der Waals surface area contributed by atoms with E-state index in [2.05, 4.69) is 0 Å². The van der Waals surface area contributed by atoms with Gasteiger partial charge in [0.05, 0.1) is 18.3 Å². The van der Waals surface area contributed by atoms with E-state index in [1.54, 1.807) is 13.1 Å². The summed E-state index contributed by atoms with van der Waals surface area (Å²) in [4.78, 5) is 1.53. The molecule has 102 valence electrons. The maximum Gasteiger partial charge on any atom is 0.416 e. The number of benzene rings is 1. The van der Waals surface area contributed by atoms with Gasteiger partial charge < -0.3 is 10.2 Å². The van der Waals surface area contributed by atoms with Crippen molar-refractivity contribution >= 4 is 0 Å². The van der Waals surface area contributed by atoms with Crippen molar-refractivity contribution in [2.75, 3.05) is 20.2 Å². The summed E-state index contributed by atoms with van der Waals surface area (Å²) in [5, 5.41) is 17.9. The lowest BCUT2D eigenvalue weighted by atomic mass is 10.1. The molecule has 0 aliphatic carbocycles. The molecule has 0 radical (unpaired) electrons. The largest absolute Gasteiger partial charge is 0.416 e. The van der Waals surface area contributed by atoms with Crippen LogP contribution in [0.5, 0.6) is 0 Å². The van der Waals surface area contributed by atoms with E-state index < -0.39 is 24.5 Å². The second-order valence-corrected chi connectivity index (χ2v) is 4.19. The number of rotatable bonds is 5. The van der Waals surface area contributed by atoms with Gasteiger partial charge in [-0.25, -0.2) is 0 Å². The third-order valence-electron chi connectivity index (χ3n) is 2.50. The van der Waals surface area contributed by atoms with Gasteiger partial charge in [0.2, 0.25) is 0 Å². The SMILES string of the molecule is CN(Cc1ccccc1C(F)(F)F)C[C@@H](O)CO. The molecule has 0 bridgehead atoms. The number of alkyl halides is 3. The van der Waals surface area contributed by atoms with Crippen LogP contribution in [0.2, 0.25) is 0 Å². The van der Waals surface area contributed by atoms with Crippen LogP contribution in [0.15, 0.2) is 24.3 Å². The molecule has 0 saturated carbocycles. The van der Waals surface area contributed by atoms with Crippen LogP contribution < -0.4 is 0 Å². The van der Waals surface area contributed by atoms with Gasteiger partial charge in [0.25, 0.3) is 0 Å². The van der Waals surface area contributed by atoms with Crippen LogP contribution in [0, 0.1) is 0 Å². The Morgan fingerprint density at radius 2 is 1.89 bits per heavy atom. The van der Waals surface area contributed by atoms with Crippen LogP contribution in [-0.4, -0.2) is 41.4 Å². The molecule has 1 aromatic carbocycles. The van der Waals surface area contributed by atoms with Crippen molar-refractivity contribution < 1.29 is 23.4 Å². The third-order valence-corrected chi connectivity index (χ3v) is 2.50. The summed E-state index contributed by atoms with van der Waals surface area (Å²) in [7, 11) is 1.59. The van der Waals surface area contributed by atoms with E-state index in [1.165, 1.54) is 17.0 Å². The summed E-state index contributed by atoms with van der Waals surface area (Å²) >= 11 is 0. The van der Waals surface area contributed by atoms with Gasteiger partial charge in [0.15, 0.2) is 0 Å². The van der Waals surface area contributed by atoms with Crippen LogP contribution in [0.25, 0.3) is 0 Å². The minimum atomic E-state index is -4.38. The molecule has 0 amide bonds. The minimum Gasteiger partial charge on any atom is -0.394 e. The number of halogens is 3. The van der Waals surface area contributed by atoms with Crippen LogP contribution in [-0.2, 0) is 12.7 Å². The van der Waals surface area contributed by atoms with Crippen molar-refractivity contribution in [3.05, 3.63) is 35.4 Å². The molecule has 3 nitrogen and oxygen atoms in total. The molecule has 1 rings (SSSR count). The molecule has 0 spiro atoms. The number of likely N-dealkylation sites (N-methyl/N-ethyl adjacent to an activating group) is 1. The van der Waals surface area contributed by atoms with Crippen LogP contribution >= 0.6 is 0 Å². The second kappa shape index (κ2) is 6.17. The van der Waals surface area contributed by atoms with Crippen LogP contribution in [0.3, 0.4) is 0 Å². The first-order chi connectivity index (χ1) is 8.34. The highest BCUT2D eigenvalue weighted by molar-refractivity contribution is 5.29. The molecule has 0 saturated heterocycles. The van der Waals surface area contributed by atoms with Gasteiger partial charge in [-0.2, -0.15) is 13.2 Å². The van der Waals surface area contributed by atoms with E-state index in [1.807, 2.05) is 0 Å². The quantitative estimate of drug-likeness (QED) is 0.846. The molecule has 1 atom stereocenters. The Bertz CT molecular complexity index is 382. The zero-order chi connectivity index (χ0) is 13.8. The predicted octanol–water partition coefficient (Wildman–Crippen LogP) is 1.49. The summed E-state index contributed by atoms with van der Waals surface area (Å²) in [6.07, 6.45) is -5.33. The van der Waals surface area contributed by atoms with Crippen molar-refractivity contribution in [1.82, 2.24) is 4.90 Å². The topological polar surface area (TPSA) is 43.7 Å². The smallest absolute Gasteiger partial charge is 0.394 e. The second-order valence-electron chi connectivity index (χ2n) is 4.19. The van der Waals surface area contributed by atoms with Crippen molar-refractivity contribution in [2.24, 2.45) is 0 Å². The van der Waals surface area contributed by atoms with E-state index in [-0.39, 0.29) is 18.7 Å². The fourth-order valence-corrected chi connectivity index (χ4v) is 1.71. The lowest BCUT2D eigenvalue weighted by molar-refractivity contribution is -0.138. The first kappa shape index (κ1) is 14.9. The molecular formula is C12H16F3NO2. The first-order valence-electron chi connectivity index (χ1n) is 5.47. The monoisotopic (exact) mass is 263 g/mol. The summed E-state index contributed by atoms with van der Waals surface area (Å²) in [6.45, 7) is -0.235. The molecule has 2 N–H and O–H groups in total. The highest BCUT2D eigenvalue weighted by Gasteiger charge is 2.33. The summed E-state index contributed by atoms with van der Waals surface area (Å²) in [6, 6.07) is 5.33. The molecule has 0 fully saturated rings. The molecule has 1 aromatic rings. The van der Waals surface area contributed by atoms with Crippen molar-refractivity contribution in [3.63, 3.8) is 0 Å². The molecular weight excluding hydrogens is 247 g/mol. The van der Waals surface area contributed by atoms with Gasteiger partial charge in [-0.05, 0) is 18.7 Å². The average molecular weight is 263 g/mol. The minimum absolute atomic E-state index is 0.0622. The van der Waals surface area contributed by atoms with Gasteiger partial charge in [-0.1, -0.05) is 18.2 Å². The molecule has 6 heteroatoms. The van der Waals surface area contributed by atoms with Gasteiger partial charge in [0.1, 0.15) is 0 Å². The Labute approximate surface area is 103 Å². The normalized spacial score (nSPS) is 13.9. The molecule has 18 heavy (non-hydrogen) atoms. The lowest BCUT2D eigenvalue weighted by Gasteiger charge is -2.21. The maximum atomic E-state index is 12.7. The van der Waals surface area contributed by atoms with Crippen LogP contribution in [0.1, 0.15) is 11.1 Å². The summed E-state index contributed by atoms with van der Waals surface area (Å²) in [5.41, 5.74) is -0.520. The van der Waals surface area contributed by atoms with E-state index in [0.29, 0.717) is 0 Å². The Morgan fingerprint density at radius 3 is 2.44 bits per heavy atom. The van der Waals surface area contributed by atoms with Crippen molar-refractivity contribution in [2.45, 2.75) is 18.8 Å². The van der Waals surface area contributed by atoms with Gasteiger partial charge in [-0.15, -0.1) is 0 Å². The van der Waals surface area contributed by atoms with Crippen molar-refractivity contribution in [1.29, 1.82) is 0 Å². The lowest BCUT2D eigenvalue weighted by Crippen LogP contribution is -2.31. The zero-order valence-corrected chi connectivity index (χ0v) is 9.98. The number of aliphatic hydroxyl groups is 2. The molecule has 0 unspecified atom stereocenters. The fraction of sp³-hybridized carbons (Fsp3) is 0.500. The van der Waals surface area contributed by atoms with Gasteiger partial charge in [-0.3, -0.25) is 4.90 Å². The number of hydrogen-bond acceptors (Lipinski definition) is 3. The van der Waals surface area contributed by atoms with E-state index in [4.69, 9.17) is 5.11 Å². The predicted molar refractivity (Wildman–Crippen MR) is 60.9 cm³/mol. The van der Waals surface area contributed by atoms with E-state index >= 15 is 0 Å². The Hall–Kier alpha value is -1.11. The Morgan fingerprint density at radius 1 is 1.28 bits per heavy atom. The zero-order valence-electron chi connectivity index (χ0n) is 9.98. The number of hydrogen-bond donors (Lipinski definition) is 2. The van der Waals surface area contributed by atoms with Gasteiger partial charge >= 0.3 is 6.18 Å². The Kier molecular flexibility index (Phi) is 5.13.